The van der Waals surface area contributed by atoms with Gasteiger partial charge >= 0.3 is 5.97 Å². The third-order valence-electron chi connectivity index (χ3n) is 2.31. The molecule has 0 aromatic carbocycles. The van der Waals surface area contributed by atoms with Crippen molar-refractivity contribution in [2.75, 3.05) is 27.2 Å². The summed E-state index contributed by atoms with van der Waals surface area (Å²) >= 11 is 0. The molecule has 0 aliphatic heterocycles. The molecular weight excluding hydrogens is 208 g/mol. The fraction of sp³-hybridized carbons (Fsp3) is 0.545. The number of hydrogen-bond donors (Lipinski definition) is 1. The molecule has 0 atom stereocenters. The molecular formula is C11H18N2O3. The van der Waals surface area contributed by atoms with E-state index < -0.39 is 0 Å². The summed E-state index contributed by atoms with van der Waals surface area (Å²) in [5.41, 5.74) is 5.93. The molecule has 1 aromatic heterocycles. The zero-order valence-corrected chi connectivity index (χ0v) is 9.95. The van der Waals surface area contributed by atoms with Crippen LogP contribution in [0.5, 0.6) is 0 Å². The monoisotopic (exact) mass is 226 g/mol. The van der Waals surface area contributed by atoms with Crippen molar-refractivity contribution >= 4 is 5.97 Å². The maximum absolute atomic E-state index is 11.3. The molecule has 2 N–H and O–H groups in total. The molecule has 0 radical (unpaired) electrons. The molecule has 0 amide bonds. The van der Waals surface area contributed by atoms with Crippen molar-refractivity contribution in [1.82, 2.24) is 4.90 Å². The zero-order valence-electron chi connectivity index (χ0n) is 9.95. The van der Waals surface area contributed by atoms with Crippen LogP contribution >= 0.6 is 0 Å². The van der Waals surface area contributed by atoms with Crippen LogP contribution in [-0.2, 0) is 11.3 Å². The largest absolute Gasteiger partial charge is 0.465 e. The highest BCUT2D eigenvalue weighted by Crippen LogP contribution is 2.16. The van der Waals surface area contributed by atoms with E-state index in [0.29, 0.717) is 24.4 Å². The van der Waals surface area contributed by atoms with Gasteiger partial charge in [-0.2, -0.15) is 0 Å². The van der Waals surface area contributed by atoms with Gasteiger partial charge in [-0.15, -0.1) is 0 Å². The van der Waals surface area contributed by atoms with Gasteiger partial charge in [0.15, 0.2) is 0 Å². The highest BCUT2D eigenvalue weighted by atomic mass is 16.5. The minimum absolute atomic E-state index is 0.367. The lowest BCUT2D eigenvalue weighted by atomic mass is 10.2. The summed E-state index contributed by atoms with van der Waals surface area (Å²) in [6.07, 6.45) is 0. The minimum Gasteiger partial charge on any atom is -0.465 e. The van der Waals surface area contributed by atoms with Crippen LogP contribution < -0.4 is 5.73 Å². The van der Waals surface area contributed by atoms with Crippen LogP contribution in [0.2, 0.25) is 0 Å². The number of hydrogen-bond acceptors (Lipinski definition) is 5. The van der Waals surface area contributed by atoms with Crippen LogP contribution in [0.25, 0.3) is 0 Å². The first-order valence-corrected chi connectivity index (χ1v) is 5.14. The number of rotatable bonds is 5. The van der Waals surface area contributed by atoms with Crippen LogP contribution in [-0.4, -0.2) is 38.1 Å². The van der Waals surface area contributed by atoms with Gasteiger partial charge in [0.25, 0.3) is 0 Å². The standard InChI is InChI=1S/C11H18N2O3/c1-8-10(11(14)15-3)6-9(16-8)7-13(2)5-4-12/h6H,4-5,7,12H2,1-3H3. The fourth-order valence-corrected chi connectivity index (χ4v) is 1.50. The van der Waals surface area contributed by atoms with Gasteiger partial charge in [0.2, 0.25) is 0 Å². The van der Waals surface area contributed by atoms with Crippen LogP contribution in [0.4, 0.5) is 0 Å². The SMILES string of the molecule is COC(=O)c1cc(CN(C)CCN)oc1C. The van der Waals surface area contributed by atoms with Crippen molar-refractivity contribution in [1.29, 1.82) is 0 Å². The maximum Gasteiger partial charge on any atom is 0.341 e. The van der Waals surface area contributed by atoms with Gasteiger partial charge in [-0.3, -0.25) is 4.90 Å². The molecule has 0 saturated carbocycles. The first-order valence-electron chi connectivity index (χ1n) is 5.14. The summed E-state index contributed by atoms with van der Waals surface area (Å²) in [5, 5.41) is 0. The van der Waals surface area contributed by atoms with Gasteiger partial charge in [-0.05, 0) is 20.0 Å². The number of ether oxygens (including phenoxy) is 1. The lowest BCUT2D eigenvalue weighted by Crippen LogP contribution is -2.24. The average Bonchev–Trinajstić information content (AvgIpc) is 2.58. The topological polar surface area (TPSA) is 68.7 Å². The molecule has 1 aromatic rings. The van der Waals surface area contributed by atoms with E-state index in [-0.39, 0.29) is 5.97 Å². The van der Waals surface area contributed by atoms with Crippen LogP contribution in [0.3, 0.4) is 0 Å². The molecule has 1 rings (SSSR count). The molecule has 5 heteroatoms. The first kappa shape index (κ1) is 12.7. The Morgan fingerprint density at radius 1 is 1.62 bits per heavy atom. The predicted molar refractivity (Wildman–Crippen MR) is 60.2 cm³/mol. The first-order chi connectivity index (χ1) is 7.58. The molecule has 90 valence electrons. The Morgan fingerprint density at radius 3 is 2.88 bits per heavy atom. The predicted octanol–water partition coefficient (Wildman–Crippen LogP) is 0.765. The summed E-state index contributed by atoms with van der Waals surface area (Å²) in [6.45, 7) is 3.76. The Bertz CT molecular complexity index is 360. The van der Waals surface area contributed by atoms with E-state index in [9.17, 15) is 4.79 Å². The maximum atomic E-state index is 11.3. The fourth-order valence-electron chi connectivity index (χ4n) is 1.50. The smallest absolute Gasteiger partial charge is 0.341 e. The van der Waals surface area contributed by atoms with E-state index in [1.807, 2.05) is 11.9 Å². The van der Waals surface area contributed by atoms with Crippen LogP contribution in [0.15, 0.2) is 10.5 Å². The van der Waals surface area contributed by atoms with Gasteiger partial charge in [-0.1, -0.05) is 0 Å². The Labute approximate surface area is 95.2 Å². The van der Waals surface area contributed by atoms with Gasteiger partial charge in [-0.25, -0.2) is 4.79 Å². The second-order valence-corrected chi connectivity index (χ2v) is 3.70. The number of carbonyl (C=O) groups is 1. The van der Waals surface area contributed by atoms with Crippen molar-refractivity contribution in [3.8, 4) is 0 Å². The lowest BCUT2D eigenvalue weighted by Gasteiger charge is -2.12. The molecule has 1 heterocycles. The second-order valence-electron chi connectivity index (χ2n) is 3.70. The molecule has 5 nitrogen and oxygen atoms in total. The van der Waals surface area contributed by atoms with Crippen molar-refractivity contribution in [3.63, 3.8) is 0 Å². The number of likely N-dealkylation sites (N-methyl/N-ethyl adjacent to an activating group) is 1. The summed E-state index contributed by atoms with van der Waals surface area (Å²) in [7, 11) is 3.30. The molecule has 0 unspecified atom stereocenters. The zero-order chi connectivity index (χ0) is 12.1. The normalized spacial score (nSPS) is 10.8. The Hall–Kier alpha value is -1.33. The third kappa shape index (κ3) is 3.08. The van der Waals surface area contributed by atoms with E-state index in [2.05, 4.69) is 4.74 Å². The van der Waals surface area contributed by atoms with E-state index >= 15 is 0 Å². The number of nitrogens with zero attached hydrogens (tertiary/aromatic N) is 1. The Morgan fingerprint density at radius 2 is 2.31 bits per heavy atom. The van der Waals surface area contributed by atoms with Crippen molar-refractivity contribution < 1.29 is 13.9 Å². The van der Waals surface area contributed by atoms with Crippen molar-refractivity contribution in [3.05, 3.63) is 23.2 Å². The van der Waals surface area contributed by atoms with Crippen molar-refractivity contribution in [2.24, 2.45) is 5.73 Å². The van der Waals surface area contributed by atoms with Gasteiger partial charge in [0.05, 0.1) is 13.7 Å². The summed E-state index contributed by atoms with van der Waals surface area (Å²) in [4.78, 5) is 13.4. The molecule has 0 aliphatic carbocycles. The van der Waals surface area contributed by atoms with E-state index in [0.717, 1.165) is 12.3 Å². The third-order valence-corrected chi connectivity index (χ3v) is 2.31. The minimum atomic E-state index is -0.367. The number of furan rings is 1. The number of esters is 1. The molecule has 0 saturated heterocycles. The molecule has 0 bridgehead atoms. The summed E-state index contributed by atoms with van der Waals surface area (Å²) < 4.78 is 10.1. The van der Waals surface area contributed by atoms with E-state index in [1.54, 1.807) is 13.0 Å². The average molecular weight is 226 g/mol. The Kier molecular flexibility index (Phi) is 4.52. The van der Waals surface area contributed by atoms with Crippen LogP contribution in [0, 0.1) is 6.92 Å². The second kappa shape index (κ2) is 5.67. The van der Waals surface area contributed by atoms with Crippen molar-refractivity contribution in [2.45, 2.75) is 13.5 Å². The molecule has 0 fully saturated rings. The van der Waals surface area contributed by atoms with Crippen LogP contribution in [0.1, 0.15) is 21.9 Å². The number of aryl methyl sites for hydroxylation is 1. The van der Waals surface area contributed by atoms with Gasteiger partial charge in [0.1, 0.15) is 17.1 Å². The van der Waals surface area contributed by atoms with E-state index in [4.69, 9.17) is 10.2 Å². The number of methoxy groups -OCH3 is 1. The van der Waals surface area contributed by atoms with E-state index in [1.165, 1.54) is 7.11 Å². The van der Waals surface area contributed by atoms with Gasteiger partial charge in [0, 0.05) is 13.1 Å². The summed E-state index contributed by atoms with van der Waals surface area (Å²) in [6, 6.07) is 1.72. The highest BCUT2D eigenvalue weighted by Gasteiger charge is 2.15. The molecule has 0 aliphatic rings. The number of carbonyl (C=O) groups excluding carboxylic acids is 1. The molecule has 0 spiro atoms. The quantitative estimate of drug-likeness (QED) is 0.751. The lowest BCUT2D eigenvalue weighted by molar-refractivity contribution is 0.0599. The highest BCUT2D eigenvalue weighted by molar-refractivity contribution is 5.90. The Balaban J connectivity index is 2.73. The van der Waals surface area contributed by atoms with Gasteiger partial charge < -0.3 is 14.9 Å². The molecule has 16 heavy (non-hydrogen) atoms. The number of nitrogens with two attached hydrogens (primary N) is 1. The summed E-state index contributed by atoms with van der Waals surface area (Å²) in [5.74, 6) is 0.964.